The molecule has 2 atom stereocenters. The Bertz CT molecular complexity index is 604. The molecule has 0 radical (unpaired) electrons. The van der Waals surface area contributed by atoms with Gasteiger partial charge >= 0.3 is 0 Å². The zero-order valence-electron chi connectivity index (χ0n) is 11.0. The lowest BCUT2D eigenvalue weighted by molar-refractivity contribution is 0.0737. The van der Waals surface area contributed by atoms with Gasteiger partial charge in [-0.1, -0.05) is 0 Å². The molecule has 1 saturated heterocycles. The van der Waals surface area contributed by atoms with Gasteiger partial charge in [0.2, 0.25) is 0 Å². The number of aliphatic hydroxyl groups excluding tert-OH is 1. The first-order valence-electron chi connectivity index (χ1n) is 6.32. The molecule has 0 spiro atoms. The molecule has 0 unspecified atom stereocenters. The van der Waals surface area contributed by atoms with Crippen LogP contribution in [-0.4, -0.2) is 45.2 Å². The highest BCUT2D eigenvalue weighted by atomic mass is 19.1. The highest BCUT2D eigenvalue weighted by molar-refractivity contribution is 5.42. The van der Waals surface area contributed by atoms with Crippen molar-refractivity contribution in [1.82, 2.24) is 14.8 Å². The molecule has 0 saturated carbocycles. The van der Waals surface area contributed by atoms with Crippen molar-refractivity contribution in [2.24, 2.45) is 7.05 Å². The lowest BCUT2D eigenvalue weighted by atomic mass is 10.3. The van der Waals surface area contributed by atoms with Gasteiger partial charge in [-0.3, -0.25) is 4.68 Å². The lowest BCUT2D eigenvalue weighted by Crippen LogP contribution is -2.29. The van der Waals surface area contributed by atoms with Crippen LogP contribution in [0.25, 0.3) is 0 Å². The molecule has 1 aliphatic rings. The maximum absolute atomic E-state index is 13.7. The van der Waals surface area contributed by atoms with Gasteiger partial charge in [0.25, 0.3) is 0 Å². The summed E-state index contributed by atoms with van der Waals surface area (Å²) in [6.07, 6.45) is 3.70. The Labute approximate surface area is 115 Å². The Balaban J connectivity index is 1.72. The number of rotatable bonds is 3. The van der Waals surface area contributed by atoms with E-state index in [1.807, 2.05) is 0 Å². The molecule has 0 amide bonds. The molecule has 0 bridgehead atoms. The van der Waals surface area contributed by atoms with Gasteiger partial charge in [0.05, 0.1) is 18.9 Å². The van der Waals surface area contributed by atoms with E-state index in [0.29, 0.717) is 18.8 Å². The van der Waals surface area contributed by atoms with Gasteiger partial charge in [-0.25, -0.2) is 9.37 Å². The van der Waals surface area contributed by atoms with Crippen LogP contribution in [0, 0.1) is 5.82 Å². The molecule has 2 aromatic heterocycles. The van der Waals surface area contributed by atoms with Crippen molar-refractivity contribution in [2.45, 2.75) is 12.2 Å². The van der Waals surface area contributed by atoms with Crippen molar-refractivity contribution in [1.29, 1.82) is 0 Å². The zero-order chi connectivity index (χ0) is 14.1. The van der Waals surface area contributed by atoms with Crippen LogP contribution in [0.1, 0.15) is 0 Å². The quantitative estimate of drug-likeness (QED) is 0.890. The van der Waals surface area contributed by atoms with Crippen molar-refractivity contribution in [3.8, 4) is 5.75 Å². The third-order valence-electron chi connectivity index (χ3n) is 3.24. The third kappa shape index (κ3) is 2.44. The number of hydrogen-bond acceptors (Lipinski definition) is 5. The van der Waals surface area contributed by atoms with Crippen LogP contribution >= 0.6 is 0 Å². The van der Waals surface area contributed by atoms with Gasteiger partial charge in [-0.05, 0) is 12.1 Å². The minimum Gasteiger partial charge on any atom is -0.482 e. The monoisotopic (exact) mass is 278 g/mol. The largest absolute Gasteiger partial charge is 0.482 e. The normalized spacial score (nSPS) is 22.2. The fourth-order valence-corrected chi connectivity index (χ4v) is 2.29. The Hall–Kier alpha value is -2.15. The number of pyridine rings is 1. The van der Waals surface area contributed by atoms with Gasteiger partial charge in [0, 0.05) is 19.8 Å². The number of aromatic nitrogens is 3. The maximum Gasteiger partial charge on any atom is 0.165 e. The second-order valence-corrected chi connectivity index (χ2v) is 4.79. The summed E-state index contributed by atoms with van der Waals surface area (Å²) in [6, 6.07) is 2.89. The summed E-state index contributed by atoms with van der Waals surface area (Å²) in [6.45, 7) is 0.670. The van der Waals surface area contributed by atoms with Gasteiger partial charge in [-0.15, -0.1) is 0 Å². The number of ether oxygens (including phenoxy) is 1. The first kappa shape index (κ1) is 12.9. The molecule has 0 aliphatic carbocycles. The molecule has 3 rings (SSSR count). The van der Waals surface area contributed by atoms with E-state index < -0.39 is 18.0 Å². The first-order chi connectivity index (χ1) is 9.63. The Morgan fingerprint density at radius 3 is 3.00 bits per heavy atom. The van der Waals surface area contributed by atoms with Crippen LogP contribution < -0.4 is 9.64 Å². The van der Waals surface area contributed by atoms with Crippen molar-refractivity contribution in [3.63, 3.8) is 0 Å². The number of β-amino-alcohol motifs (C(OH)–C–C–N with tert-alkyl or cyclic N) is 1. The van der Waals surface area contributed by atoms with E-state index >= 15 is 0 Å². The van der Waals surface area contributed by atoms with Crippen LogP contribution in [-0.2, 0) is 7.05 Å². The summed E-state index contributed by atoms with van der Waals surface area (Å²) in [5.74, 6) is 0.422. The molecular weight excluding hydrogens is 263 g/mol. The number of anilines is 1. The fraction of sp³-hybridized carbons (Fsp3) is 0.385. The predicted molar refractivity (Wildman–Crippen MR) is 70.0 cm³/mol. The summed E-state index contributed by atoms with van der Waals surface area (Å²) < 4.78 is 21.0. The minimum atomic E-state index is -0.698. The number of nitrogens with zero attached hydrogens (tertiary/aromatic N) is 4. The summed E-state index contributed by atoms with van der Waals surface area (Å²) in [5.41, 5.74) is 0. The number of aryl methyl sites for hydroxylation is 1. The highest BCUT2D eigenvalue weighted by Crippen LogP contribution is 2.24. The van der Waals surface area contributed by atoms with Crippen LogP contribution in [0.2, 0.25) is 0 Å². The fourth-order valence-electron chi connectivity index (χ4n) is 2.29. The van der Waals surface area contributed by atoms with Crippen LogP contribution in [0.15, 0.2) is 30.7 Å². The second kappa shape index (κ2) is 5.09. The van der Waals surface area contributed by atoms with E-state index in [-0.39, 0.29) is 5.82 Å². The molecule has 20 heavy (non-hydrogen) atoms. The van der Waals surface area contributed by atoms with Crippen molar-refractivity contribution < 1.29 is 14.2 Å². The van der Waals surface area contributed by atoms with E-state index in [0.717, 1.165) is 0 Å². The van der Waals surface area contributed by atoms with Gasteiger partial charge < -0.3 is 14.7 Å². The summed E-state index contributed by atoms with van der Waals surface area (Å²) >= 11 is 0. The molecule has 2 aromatic rings. The molecule has 3 heterocycles. The first-order valence-corrected chi connectivity index (χ1v) is 6.32. The van der Waals surface area contributed by atoms with Gasteiger partial charge in [0.1, 0.15) is 12.2 Å². The van der Waals surface area contributed by atoms with Crippen LogP contribution in [0.4, 0.5) is 10.2 Å². The number of aliphatic hydroxyl groups is 1. The van der Waals surface area contributed by atoms with Gasteiger partial charge in [-0.2, -0.15) is 5.10 Å². The molecule has 7 heteroatoms. The highest BCUT2D eigenvalue weighted by Gasteiger charge is 2.35. The molecule has 1 aliphatic heterocycles. The average molecular weight is 278 g/mol. The molecule has 1 fully saturated rings. The van der Waals surface area contributed by atoms with Crippen LogP contribution in [0.5, 0.6) is 5.75 Å². The molecule has 0 aromatic carbocycles. The maximum atomic E-state index is 13.7. The second-order valence-electron chi connectivity index (χ2n) is 4.79. The van der Waals surface area contributed by atoms with E-state index in [9.17, 15) is 9.50 Å². The average Bonchev–Trinajstić information content (AvgIpc) is 2.98. The van der Waals surface area contributed by atoms with E-state index in [2.05, 4.69) is 10.1 Å². The smallest absolute Gasteiger partial charge is 0.165 e. The van der Waals surface area contributed by atoms with Crippen molar-refractivity contribution >= 4 is 5.82 Å². The molecule has 6 nitrogen and oxygen atoms in total. The standard InChI is InChI=1S/C13H15FN4O2/c1-17-6-9(5-16-17)20-12-8-18(7-11(12)19)13-10(14)3-2-4-15-13/h2-6,11-12,19H,7-8H2,1H3/t11-,12-/m1/s1. The van der Waals surface area contributed by atoms with Crippen molar-refractivity contribution in [2.75, 3.05) is 18.0 Å². The van der Waals surface area contributed by atoms with E-state index in [1.165, 1.54) is 18.3 Å². The predicted octanol–water partition coefficient (Wildman–Crippen LogP) is 0.583. The topological polar surface area (TPSA) is 63.4 Å². The molecule has 106 valence electrons. The SMILES string of the molecule is Cn1cc(O[C@@H]2CN(c3ncccc3F)C[C@H]2O)cn1. The number of halogens is 1. The summed E-state index contributed by atoms with van der Waals surface area (Å²) in [7, 11) is 1.79. The Morgan fingerprint density at radius 2 is 2.30 bits per heavy atom. The minimum absolute atomic E-state index is 0.240. The Morgan fingerprint density at radius 1 is 1.45 bits per heavy atom. The summed E-state index contributed by atoms with van der Waals surface area (Å²) in [4.78, 5) is 5.69. The lowest BCUT2D eigenvalue weighted by Gasteiger charge is -2.17. The third-order valence-corrected chi connectivity index (χ3v) is 3.24. The molecular formula is C13H15FN4O2. The van der Waals surface area contributed by atoms with E-state index in [4.69, 9.17) is 4.74 Å². The summed E-state index contributed by atoms with van der Waals surface area (Å²) in [5, 5.41) is 14.0. The zero-order valence-corrected chi connectivity index (χ0v) is 11.0. The van der Waals surface area contributed by atoms with E-state index in [1.54, 1.807) is 29.0 Å². The van der Waals surface area contributed by atoms with Gasteiger partial charge in [0.15, 0.2) is 17.4 Å². The number of hydrogen-bond donors (Lipinski definition) is 1. The van der Waals surface area contributed by atoms with Crippen LogP contribution in [0.3, 0.4) is 0 Å². The Kier molecular flexibility index (Phi) is 3.27. The van der Waals surface area contributed by atoms with Crippen molar-refractivity contribution in [3.05, 3.63) is 36.5 Å². The molecule has 1 N–H and O–H groups in total.